The molecule has 0 aromatic heterocycles. The summed E-state index contributed by atoms with van der Waals surface area (Å²) in [7, 11) is 0. The fourth-order valence-electron chi connectivity index (χ4n) is 1.88. The molecule has 1 rings (SSSR count). The summed E-state index contributed by atoms with van der Waals surface area (Å²) in [6, 6.07) is 0.326. The van der Waals surface area contributed by atoms with E-state index in [1.54, 1.807) is 0 Å². The molecule has 3 nitrogen and oxygen atoms in total. The first-order chi connectivity index (χ1) is 6.38. The Morgan fingerprint density at radius 3 is 2.14 bits per heavy atom. The second-order valence-electron chi connectivity index (χ2n) is 5.33. The van der Waals surface area contributed by atoms with E-state index in [1.165, 1.54) is 0 Å². The van der Waals surface area contributed by atoms with Crippen molar-refractivity contribution in [3.05, 3.63) is 0 Å². The first-order valence-corrected chi connectivity index (χ1v) is 5.58. The van der Waals surface area contributed by atoms with Gasteiger partial charge in [0, 0.05) is 19.1 Å². The maximum atomic E-state index is 5.88. The van der Waals surface area contributed by atoms with Crippen molar-refractivity contribution in [2.75, 3.05) is 13.1 Å². The summed E-state index contributed by atoms with van der Waals surface area (Å²) in [5.41, 5.74) is 5.81. The number of nitrogens with two attached hydrogens (primary N) is 1. The molecule has 0 unspecified atom stereocenters. The minimum atomic E-state index is -0.0683. The number of rotatable bonds is 2. The van der Waals surface area contributed by atoms with E-state index < -0.39 is 0 Å². The summed E-state index contributed by atoms with van der Waals surface area (Å²) >= 11 is 0. The maximum Gasteiger partial charge on any atom is 0.0815 e. The zero-order valence-corrected chi connectivity index (χ0v) is 9.92. The monoisotopic (exact) mass is 200 g/mol. The highest BCUT2D eigenvalue weighted by Crippen LogP contribution is 2.22. The van der Waals surface area contributed by atoms with Crippen LogP contribution in [-0.2, 0) is 4.84 Å². The Morgan fingerprint density at radius 1 is 1.29 bits per heavy atom. The van der Waals surface area contributed by atoms with Gasteiger partial charge < -0.3 is 5.73 Å². The average molecular weight is 200 g/mol. The molecule has 1 heterocycles. The predicted octanol–water partition coefficient (Wildman–Crippen LogP) is 1.78. The van der Waals surface area contributed by atoms with Crippen molar-refractivity contribution < 1.29 is 4.84 Å². The molecule has 0 radical (unpaired) electrons. The summed E-state index contributed by atoms with van der Waals surface area (Å²) in [6.45, 7) is 10.4. The Labute approximate surface area is 87.6 Å². The van der Waals surface area contributed by atoms with Gasteiger partial charge in [-0.3, -0.25) is 4.84 Å². The van der Waals surface area contributed by atoms with Gasteiger partial charge in [-0.25, -0.2) is 0 Å². The largest absolute Gasteiger partial charge is 0.328 e. The molecule has 1 saturated heterocycles. The molecular formula is C11H24N2O. The molecular weight excluding hydrogens is 176 g/mol. The maximum absolute atomic E-state index is 5.88. The van der Waals surface area contributed by atoms with E-state index in [0.29, 0.717) is 12.0 Å². The van der Waals surface area contributed by atoms with Crippen molar-refractivity contribution in [2.24, 2.45) is 11.7 Å². The van der Waals surface area contributed by atoms with Crippen LogP contribution in [0.5, 0.6) is 0 Å². The third-order valence-electron chi connectivity index (χ3n) is 2.65. The lowest BCUT2D eigenvalue weighted by atomic mass is 9.92. The van der Waals surface area contributed by atoms with Crippen LogP contribution in [0.3, 0.4) is 0 Å². The number of hydrogen-bond acceptors (Lipinski definition) is 3. The lowest BCUT2D eigenvalue weighted by molar-refractivity contribution is -0.239. The Hall–Kier alpha value is -0.120. The number of hydrogen-bond donors (Lipinski definition) is 1. The first-order valence-electron chi connectivity index (χ1n) is 5.58. The van der Waals surface area contributed by atoms with Gasteiger partial charge in [-0.1, -0.05) is 0 Å². The number of piperidine rings is 1. The molecule has 2 N–H and O–H groups in total. The van der Waals surface area contributed by atoms with Crippen LogP contribution < -0.4 is 5.73 Å². The zero-order valence-electron chi connectivity index (χ0n) is 9.92. The molecule has 1 fully saturated rings. The molecule has 0 aromatic rings. The van der Waals surface area contributed by atoms with Crippen LogP contribution in [0.1, 0.15) is 40.5 Å². The molecule has 0 bridgehead atoms. The van der Waals surface area contributed by atoms with E-state index in [0.717, 1.165) is 25.9 Å². The van der Waals surface area contributed by atoms with Gasteiger partial charge in [0.25, 0.3) is 0 Å². The molecule has 1 aliphatic heterocycles. The normalized spacial score (nSPS) is 23.8. The van der Waals surface area contributed by atoms with E-state index in [1.807, 2.05) is 0 Å². The molecule has 0 spiro atoms. The second kappa shape index (κ2) is 4.60. The van der Waals surface area contributed by atoms with Crippen LogP contribution >= 0.6 is 0 Å². The predicted molar refractivity (Wildman–Crippen MR) is 58.8 cm³/mol. The summed E-state index contributed by atoms with van der Waals surface area (Å²) in [5, 5.41) is 2.08. The standard InChI is InChI=1S/C11H24N2O/c1-9(12)10-5-7-13(8-6-10)14-11(2,3)4/h9-10H,5-8,12H2,1-4H3/t9-/m0/s1. The van der Waals surface area contributed by atoms with Gasteiger partial charge in [0.05, 0.1) is 5.60 Å². The van der Waals surface area contributed by atoms with Crippen molar-refractivity contribution in [1.29, 1.82) is 0 Å². The third-order valence-corrected chi connectivity index (χ3v) is 2.65. The van der Waals surface area contributed by atoms with Gasteiger partial charge in [0.1, 0.15) is 0 Å². The fourth-order valence-corrected chi connectivity index (χ4v) is 1.88. The first kappa shape index (κ1) is 12.0. The molecule has 0 amide bonds. The molecule has 84 valence electrons. The van der Waals surface area contributed by atoms with Gasteiger partial charge in [-0.05, 0) is 46.5 Å². The fraction of sp³-hybridized carbons (Fsp3) is 1.00. The van der Waals surface area contributed by atoms with Crippen molar-refractivity contribution in [2.45, 2.75) is 52.2 Å². The smallest absolute Gasteiger partial charge is 0.0815 e. The topological polar surface area (TPSA) is 38.5 Å². The van der Waals surface area contributed by atoms with Crippen LogP contribution in [-0.4, -0.2) is 29.8 Å². The highest BCUT2D eigenvalue weighted by molar-refractivity contribution is 4.75. The average Bonchev–Trinajstić information content (AvgIpc) is 2.02. The third kappa shape index (κ3) is 3.95. The van der Waals surface area contributed by atoms with E-state index in [2.05, 4.69) is 32.8 Å². The SMILES string of the molecule is C[C@H](N)C1CCN(OC(C)(C)C)CC1. The van der Waals surface area contributed by atoms with Crippen LogP contribution in [0.4, 0.5) is 0 Å². The highest BCUT2D eigenvalue weighted by Gasteiger charge is 2.25. The van der Waals surface area contributed by atoms with Crippen LogP contribution in [0.25, 0.3) is 0 Å². The van der Waals surface area contributed by atoms with E-state index in [-0.39, 0.29) is 5.60 Å². The van der Waals surface area contributed by atoms with E-state index >= 15 is 0 Å². The van der Waals surface area contributed by atoms with Crippen molar-refractivity contribution in [3.63, 3.8) is 0 Å². The van der Waals surface area contributed by atoms with Gasteiger partial charge >= 0.3 is 0 Å². The molecule has 0 saturated carbocycles. The minimum absolute atomic E-state index is 0.0683. The number of nitrogens with zero attached hydrogens (tertiary/aromatic N) is 1. The zero-order chi connectivity index (χ0) is 10.8. The van der Waals surface area contributed by atoms with Crippen LogP contribution in [0, 0.1) is 5.92 Å². The molecule has 1 aliphatic rings. The van der Waals surface area contributed by atoms with Crippen LogP contribution in [0.2, 0.25) is 0 Å². The Bertz CT molecular complexity index is 167. The molecule has 1 atom stereocenters. The summed E-state index contributed by atoms with van der Waals surface area (Å²) in [4.78, 5) is 5.80. The Balaban J connectivity index is 2.29. The van der Waals surface area contributed by atoms with E-state index in [4.69, 9.17) is 10.6 Å². The number of hydroxylamine groups is 2. The Kier molecular flexibility index (Phi) is 3.93. The van der Waals surface area contributed by atoms with Crippen LogP contribution in [0.15, 0.2) is 0 Å². The highest BCUT2D eigenvalue weighted by atomic mass is 16.7. The summed E-state index contributed by atoms with van der Waals surface area (Å²) < 4.78 is 0. The summed E-state index contributed by atoms with van der Waals surface area (Å²) in [5.74, 6) is 0.676. The van der Waals surface area contributed by atoms with Crippen molar-refractivity contribution in [3.8, 4) is 0 Å². The summed E-state index contributed by atoms with van der Waals surface area (Å²) in [6.07, 6.45) is 2.32. The molecule has 0 aromatic carbocycles. The second-order valence-corrected chi connectivity index (χ2v) is 5.33. The Morgan fingerprint density at radius 2 is 1.79 bits per heavy atom. The van der Waals surface area contributed by atoms with Gasteiger partial charge in [-0.2, -0.15) is 5.06 Å². The van der Waals surface area contributed by atoms with Crippen molar-refractivity contribution >= 4 is 0 Å². The lowest BCUT2D eigenvalue weighted by Crippen LogP contribution is -2.42. The minimum Gasteiger partial charge on any atom is -0.328 e. The van der Waals surface area contributed by atoms with E-state index in [9.17, 15) is 0 Å². The lowest BCUT2D eigenvalue weighted by Gasteiger charge is -2.36. The van der Waals surface area contributed by atoms with Crippen molar-refractivity contribution in [1.82, 2.24) is 5.06 Å². The quantitative estimate of drug-likeness (QED) is 0.738. The molecule has 0 aliphatic carbocycles. The molecule has 3 heteroatoms. The van der Waals surface area contributed by atoms with Gasteiger partial charge in [0.2, 0.25) is 0 Å². The van der Waals surface area contributed by atoms with Gasteiger partial charge in [0.15, 0.2) is 0 Å². The van der Waals surface area contributed by atoms with Gasteiger partial charge in [-0.15, -0.1) is 0 Å². The molecule has 14 heavy (non-hydrogen) atoms.